The summed E-state index contributed by atoms with van der Waals surface area (Å²) in [4.78, 5) is 16.2. The normalized spacial score (nSPS) is 26.9. The molecule has 1 aromatic heterocycles. The van der Waals surface area contributed by atoms with Gasteiger partial charge in [0.15, 0.2) is 0 Å². The van der Waals surface area contributed by atoms with E-state index in [0.717, 1.165) is 61.0 Å². The fraction of sp³-hybridized carbons (Fsp3) is 0.476. The van der Waals surface area contributed by atoms with Crippen LogP contribution in [0.5, 0.6) is 5.75 Å². The van der Waals surface area contributed by atoms with Gasteiger partial charge in [-0.2, -0.15) is 0 Å². The fourth-order valence-corrected chi connectivity index (χ4v) is 4.32. The van der Waals surface area contributed by atoms with Gasteiger partial charge >= 0.3 is 0 Å². The third-order valence-corrected chi connectivity index (χ3v) is 6.15. The van der Waals surface area contributed by atoms with Gasteiger partial charge in [0.1, 0.15) is 23.5 Å². The van der Waals surface area contributed by atoms with Gasteiger partial charge in [-0.25, -0.2) is 9.97 Å². The number of nitrogens with zero attached hydrogens (tertiary/aromatic N) is 4. The second-order valence-corrected chi connectivity index (χ2v) is 8.29. The monoisotopic (exact) mass is 362 g/mol. The number of ether oxygens (including phenoxy) is 2. The molecule has 4 aliphatic rings. The van der Waals surface area contributed by atoms with Crippen molar-refractivity contribution in [1.29, 1.82) is 0 Å². The highest BCUT2D eigenvalue weighted by molar-refractivity contribution is 6.14. The van der Waals surface area contributed by atoms with E-state index in [1.54, 1.807) is 6.33 Å². The summed E-state index contributed by atoms with van der Waals surface area (Å²) >= 11 is 0. The summed E-state index contributed by atoms with van der Waals surface area (Å²) in [6.45, 7) is 4.58. The number of aromatic nitrogens is 2. The number of hydrogen-bond acceptors (Lipinski definition) is 6. The molecule has 3 fully saturated rings. The maximum absolute atomic E-state index is 6.15. The van der Waals surface area contributed by atoms with Crippen molar-refractivity contribution >= 4 is 11.5 Å². The van der Waals surface area contributed by atoms with Crippen molar-refractivity contribution < 1.29 is 9.47 Å². The van der Waals surface area contributed by atoms with Crippen molar-refractivity contribution in [2.45, 2.75) is 50.5 Å². The molecule has 6 rings (SSSR count). The Balaban J connectivity index is 1.31. The molecule has 6 heteroatoms. The Labute approximate surface area is 158 Å². The van der Waals surface area contributed by atoms with E-state index in [1.807, 2.05) is 0 Å². The van der Waals surface area contributed by atoms with Crippen LogP contribution in [0.4, 0.5) is 5.82 Å². The van der Waals surface area contributed by atoms with Crippen LogP contribution in [0.1, 0.15) is 43.0 Å². The summed E-state index contributed by atoms with van der Waals surface area (Å²) in [6, 6.07) is 8.83. The predicted octanol–water partition coefficient (Wildman–Crippen LogP) is 2.74. The third kappa shape index (κ3) is 2.62. The Bertz CT molecular complexity index is 953. The molecule has 0 amide bonds. The lowest BCUT2D eigenvalue weighted by Crippen LogP contribution is -2.37. The SMILES string of the molecule is CC1(Oc2ccc3c(c2)C(c2cc(N4CC5CC4CO5)ncn2)=NC3)CC1. The largest absolute Gasteiger partial charge is 0.488 e. The molecule has 2 unspecified atom stereocenters. The van der Waals surface area contributed by atoms with Crippen molar-refractivity contribution in [3.63, 3.8) is 0 Å². The Morgan fingerprint density at radius 3 is 2.93 bits per heavy atom. The minimum Gasteiger partial charge on any atom is -0.488 e. The minimum atomic E-state index is 0.0172. The molecule has 6 nitrogen and oxygen atoms in total. The molecule has 0 N–H and O–H groups in total. The molecule has 2 saturated heterocycles. The van der Waals surface area contributed by atoms with Crippen LogP contribution in [0, 0.1) is 0 Å². The van der Waals surface area contributed by atoms with Gasteiger partial charge in [0.25, 0.3) is 0 Å². The molecule has 0 radical (unpaired) electrons. The van der Waals surface area contributed by atoms with E-state index in [4.69, 9.17) is 14.5 Å². The smallest absolute Gasteiger partial charge is 0.133 e. The summed E-state index contributed by atoms with van der Waals surface area (Å²) in [6.07, 6.45) is 5.36. The van der Waals surface area contributed by atoms with Crippen molar-refractivity contribution in [2.75, 3.05) is 18.1 Å². The molecule has 3 aliphatic heterocycles. The first-order valence-corrected chi connectivity index (χ1v) is 9.74. The first-order chi connectivity index (χ1) is 13.2. The van der Waals surface area contributed by atoms with Crippen LogP contribution in [-0.4, -0.2) is 46.6 Å². The van der Waals surface area contributed by atoms with Crippen molar-refractivity contribution in [3.05, 3.63) is 47.4 Å². The lowest BCUT2D eigenvalue weighted by atomic mass is 10.0. The first-order valence-electron chi connectivity index (χ1n) is 9.74. The van der Waals surface area contributed by atoms with E-state index < -0.39 is 0 Å². The summed E-state index contributed by atoms with van der Waals surface area (Å²) < 4.78 is 11.9. The van der Waals surface area contributed by atoms with Crippen LogP contribution in [0.25, 0.3) is 0 Å². The topological polar surface area (TPSA) is 59.8 Å². The van der Waals surface area contributed by atoms with Gasteiger partial charge in [-0.15, -0.1) is 0 Å². The molecule has 0 spiro atoms. The number of fused-ring (bicyclic) bond motifs is 3. The highest BCUT2D eigenvalue weighted by Gasteiger charge is 2.41. The van der Waals surface area contributed by atoms with E-state index in [9.17, 15) is 0 Å². The molecule has 4 heterocycles. The van der Waals surface area contributed by atoms with Crippen LogP contribution in [-0.2, 0) is 11.3 Å². The Kier molecular flexibility index (Phi) is 3.18. The number of aliphatic imine (C=N–C) groups is 1. The zero-order valence-corrected chi connectivity index (χ0v) is 15.4. The highest BCUT2D eigenvalue weighted by atomic mass is 16.5. The first kappa shape index (κ1) is 15.6. The Morgan fingerprint density at radius 1 is 1.22 bits per heavy atom. The molecule has 1 saturated carbocycles. The van der Waals surface area contributed by atoms with E-state index in [0.29, 0.717) is 18.7 Å². The number of morpholine rings is 1. The van der Waals surface area contributed by atoms with Gasteiger partial charge < -0.3 is 14.4 Å². The average molecular weight is 362 g/mol. The quantitative estimate of drug-likeness (QED) is 0.837. The maximum atomic E-state index is 6.15. The van der Waals surface area contributed by atoms with Gasteiger partial charge in [-0.1, -0.05) is 6.07 Å². The number of hydrogen-bond donors (Lipinski definition) is 0. The van der Waals surface area contributed by atoms with Crippen LogP contribution in [0.3, 0.4) is 0 Å². The van der Waals surface area contributed by atoms with E-state index in [-0.39, 0.29) is 5.60 Å². The molecule has 2 bridgehead atoms. The number of anilines is 1. The van der Waals surface area contributed by atoms with E-state index >= 15 is 0 Å². The van der Waals surface area contributed by atoms with Gasteiger partial charge in [0.05, 0.1) is 36.7 Å². The molecular formula is C21H22N4O2. The van der Waals surface area contributed by atoms with Crippen LogP contribution < -0.4 is 9.64 Å². The molecule has 2 atom stereocenters. The van der Waals surface area contributed by atoms with Crippen molar-refractivity contribution in [3.8, 4) is 5.75 Å². The van der Waals surface area contributed by atoms with Crippen molar-refractivity contribution in [2.24, 2.45) is 4.99 Å². The van der Waals surface area contributed by atoms with Gasteiger partial charge in [-0.05, 0) is 43.9 Å². The second-order valence-electron chi connectivity index (χ2n) is 8.29. The van der Waals surface area contributed by atoms with Crippen LogP contribution in [0.15, 0.2) is 35.6 Å². The summed E-state index contributed by atoms with van der Waals surface area (Å²) in [5.41, 5.74) is 4.21. The Morgan fingerprint density at radius 2 is 2.15 bits per heavy atom. The zero-order chi connectivity index (χ0) is 18.0. The fourth-order valence-electron chi connectivity index (χ4n) is 4.32. The van der Waals surface area contributed by atoms with Gasteiger partial charge in [0.2, 0.25) is 0 Å². The van der Waals surface area contributed by atoms with Crippen molar-refractivity contribution in [1.82, 2.24) is 9.97 Å². The number of benzene rings is 1. The highest BCUT2D eigenvalue weighted by Crippen LogP contribution is 2.40. The second kappa shape index (κ2) is 5.52. The molecule has 138 valence electrons. The molecular weight excluding hydrogens is 340 g/mol. The van der Waals surface area contributed by atoms with Gasteiger partial charge in [0, 0.05) is 18.2 Å². The zero-order valence-electron chi connectivity index (χ0n) is 15.4. The number of rotatable bonds is 4. The lowest BCUT2D eigenvalue weighted by molar-refractivity contribution is 0.0989. The van der Waals surface area contributed by atoms with Crippen LogP contribution in [0.2, 0.25) is 0 Å². The minimum absolute atomic E-state index is 0.0172. The van der Waals surface area contributed by atoms with Crippen LogP contribution >= 0.6 is 0 Å². The third-order valence-electron chi connectivity index (χ3n) is 6.15. The predicted molar refractivity (Wildman–Crippen MR) is 102 cm³/mol. The summed E-state index contributed by atoms with van der Waals surface area (Å²) in [5.74, 6) is 1.90. The van der Waals surface area contributed by atoms with E-state index in [1.165, 1.54) is 5.56 Å². The summed E-state index contributed by atoms with van der Waals surface area (Å²) in [7, 11) is 0. The lowest BCUT2D eigenvalue weighted by Gasteiger charge is -2.27. The molecule has 1 aliphatic carbocycles. The molecule has 1 aromatic carbocycles. The van der Waals surface area contributed by atoms with Gasteiger partial charge in [-0.3, -0.25) is 4.99 Å². The Hall–Kier alpha value is -2.47. The van der Waals surface area contributed by atoms with E-state index in [2.05, 4.69) is 46.1 Å². The maximum Gasteiger partial charge on any atom is 0.133 e. The standard InChI is InChI=1S/C21H22N4O2/c1-21(4-5-21)27-15-3-2-13-9-22-20(17(13)7-15)18-8-19(24-12-23-18)25-10-16-6-14(25)11-26-16/h2-3,7-8,12,14,16H,4-6,9-11H2,1H3. The average Bonchev–Trinajstić information content (AvgIpc) is 3.11. The molecule has 27 heavy (non-hydrogen) atoms. The molecule has 2 aromatic rings. The summed E-state index contributed by atoms with van der Waals surface area (Å²) in [5, 5.41) is 0.